The third-order valence-corrected chi connectivity index (χ3v) is 11.4. The van der Waals surface area contributed by atoms with Crippen LogP contribution in [0.25, 0.3) is 10.2 Å². The van der Waals surface area contributed by atoms with Gasteiger partial charge in [-0.1, -0.05) is 215 Å². The van der Waals surface area contributed by atoms with Gasteiger partial charge in [-0.3, -0.25) is 9.97 Å². The molecule has 4 heteroatoms. The Labute approximate surface area is 367 Å². The zero-order valence-corrected chi connectivity index (χ0v) is 43.1. The summed E-state index contributed by atoms with van der Waals surface area (Å²) in [4.78, 5) is 13.6. The quantitative estimate of drug-likeness (QED) is 0.156. The molecule has 3 aromatic heterocycles. The SMILES string of the molecule is CC(C)(C)c1ccc(C(C)(C)C)c2scnc12.CC(C)(C)c1ccc(C(C)(C)C)cc1.CC(C)(C)c1ccc(C(C)(C)C)nc1.CC(C)(C)c1ccc(C(C)(C)C)nc1. The van der Waals surface area contributed by atoms with Crippen LogP contribution < -0.4 is 0 Å². The molecule has 0 bridgehead atoms. The fourth-order valence-electron chi connectivity index (χ4n) is 6.18. The predicted octanol–water partition coefficient (Wildman–Crippen LogP) is 16.5. The monoisotopic (exact) mass is 820 g/mol. The van der Waals surface area contributed by atoms with Gasteiger partial charge in [-0.25, -0.2) is 4.98 Å². The van der Waals surface area contributed by atoms with Gasteiger partial charge < -0.3 is 0 Å². The molecule has 59 heavy (non-hydrogen) atoms. The minimum atomic E-state index is 0.149. The molecule has 5 rings (SSSR count). The molecule has 0 saturated carbocycles. The predicted molar refractivity (Wildman–Crippen MR) is 264 cm³/mol. The van der Waals surface area contributed by atoms with E-state index in [-0.39, 0.29) is 43.3 Å². The molecule has 0 atom stereocenters. The number of rotatable bonds is 0. The molecule has 3 heterocycles. The standard InChI is InChI=1S/C15H21NS.C14H22.2C13H21N/c1-14(2,3)10-7-8-11(15(4,5)6)13-12(10)16-9-17-13;1-13(2,3)11-7-9-12(10-8-11)14(4,5)6;2*1-12(2,3)10-7-8-11(14-9-10)13(4,5)6/h7-9H,1-6H3;7-10H,1-6H3;2*7-9H,1-6H3. The Balaban J connectivity index is 0.000000272. The second kappa shape index (κ2) is 18.7. The lowest BCUT2D eigenvalue weighted by Gasteiger charge is -2.24. The number of fused-ring (bicyclic) bond motifs is 1. The van der Waals surface area contributed by atoms with Crippen molar-refractivity contribution < 1.29 is 0 Å². The van der Waals surface area contributed by atoms with Crippen molar-refractivity contribution in [3.05, 3.63) is 123 Å². The number of benzene rings is 2. The minimum Gasteiger partial charge on any atom is -0.260 e. The highest BCUT2D eigenvalue weighted by molar-refractivity contribution is 7.17. The van der Waals surface area contributed by atoms with Crippen molar-refractivity contribution in [3.63, 3.8) is 0 Å². The maximum absolute atomic E-state index is 4.58. The highest BCUT2D eigenvalue weighted by Gasteiger charge is 2.24. The van der Waals surface area contributed by atoms with Gasteiger partial charge in [0.25, 0.3) is 0 Å². The van der Waals surface area contributed by atoms with E-state index in [2.05, 4.69) is 242 Å². The summed E-state index contributed by atoms with van der Waals surface area (Å²) in [6, 6.07) is 22.2. The molecule has 0 saturated heterocycles. The van der Waals surface area contributed by atoms with Gasteiger partial charge in [0.05, 0.1) is 15.7 Å². The Bertz CT molecular complexity index is 1720. The van der Waals surface area contributed by atoms with Crippen molar-refractivity contribution in [1.29, 1.82) is 0 Å². The molecule has 0 spiro atoms. The molecule has 326 valence electrons. The number of pyridine rings is 2. The van der Waals surface area contributed by atoms with E-state index in [4.69, 9.17) is 0 Å². The number of thiazole rings is 1. The first-order chi connectivity index (χ1) is 26.3. The zero-order chi connectivity index (χ0) is 45.8. The molecule has 0 aliphatic heterocycles. The Hall–Kier alpha value is -3.37. The average Bonchev–Trinajstić information content (AvgIpc) is 3.56. The molecule has 5 aromatic rings. The minimum absolute atomic E-state index is 0.149. The Kier molecular flexibility index (Phi) is 16.4. The van der Waals surface area contributed by atoms with Crippen molar-refractivity contribution in [1.82, 2.24) is 15.0 Å². The molecular formula is C55H85N3S. The van der Waals surface area contributed by atoms with Gasteiger partial charge >= 0.3 is 0 Å². The lowest BCUT2D eigenvalue weighted by atomic mass is 9.81. The summed E-state index contributed by atoms with van der Waals surface area (Å²) in [5.74, 6) is 0. The van der Waals surface area contributed by atoms with E-state index in [9.17, 15) is 0 Å². The topological polar surface area (TPSA) is 38.7 Å². The average molecular weight is 820 g/mol. The maximum atomic E-state index is 4.58. The van der Waals surface area contributed by atoms with Gasteiger partial charge in [0, 0.05) is 34.6 Å². The van der Waals surface area contributed by atoms with Crippen molar-refractivity contribution in [2.24, 2.45) is 0 Å². The van der Waals surface area contributed by atoms with Crippen LogP contribution >= 0.6 is 11.3 Å². The van der Waals surface area contributed by atoms with Crippen LogP contribution in [0.2, 0.25) is 0 Å². The van der Waals surface area contributed by atoms with Gasteiger partial charge in [0.1, 0.15) is 0 Å². The second-order valence-electron chi connectivity index (χ2n) is 24.6. The highest BCUT2D eigenvalue weighted by atomic mass is 32.1. The van der Waals surface area contributed by atoms with E-state index in [0.717, 1.165) is 11.4 Å². The fraction of sp³-hybridized carbons (Fsp3) is 0.582. The van der Waals surface area contributed by atoms with Crippen molar-refractivity contribution >= 4 is 21.6 Å². The van der Waals surface area contributed by atoms with Gasteiger partial charge in [-0.2, -0.15) is 0 Å². The van der Waals surface area contributed by atoms with Crippen molar-refractivity contribution in [3.8, 4) is 0 Å². The van der Waals surface area contributed by atoms with Crippen LogP contribution in [0.1, 0.15) is 211 Å². The molecule has 0 unspecified atom stereocenters. The summed E-state index contributed by atoms with van der Waals surface area (Å²) >= 11 is 1.76. The summed E-state index contributed by atoms with van der Waals surface area (Å²) in [7, 11) is 0. The van der Waals surface area contributed by atoms with Crippen LogP contribution in [0.3, 0.4) is 0 Å². The third-order valence-electron chi connectivity index (χ3n) is 10.5. The second-order valence-corrected chi connectivity index (χ2v) is 25.5. The molecule has 0 aliphatic rings. The van der Waals surface area contributed by atoms with Gasteiger partial charge in [0.2, 0.25) is 0 Å². The van der Waals surface area contributed by atoms with Crippen molar-refractivity contribution in [2.45, 2.75) is 209 Å². The molecule has 3 nitrogen and oxygen atoms in total. The number of nitrogens with zero attached hydrogens (tertiary/aromatic N) is 3. The van der Waals surface area contributed by atoms with E-state index in [1.54, 1.807) is 11.3 Å². The smallest absolute Gasteiger partial charge is 0.0852 e. The van der Waals surface area contributed by atoms with E-state index in [0.29, 0.717) is 0 Å². The van der Waals surface area contributed by atoms with Crippen molar-refractivity contribution in [2.75, 3.05) is 0 Å². The Morgan fingerprint density at radius 1 is 0.305 bits per heavy atom. The van der Waals surface area contributed by atoms with E-state index in [1.807, 2.05) is 17.9 Å². The van der Waals surface area contributed by atoms with E-state index >= 15 is 0 Å². The first-order valence-corrected chi connectivity index (χ1v) is 22.6. The van der Waals surface area contributed by atoms with Crippen LogP contribution in [0.5, 0.6) is 0 Å². The Morgan fingerprint density at radius 3 is 0.864 bits per heavy atom. The van der Waals surface area contributed by atoms with Crippen LogP contribution in [-0.4, -0.2) is 15.0 Å². The van der Waals surface area contributed by atoms with Crippen LogP contribution in [0, 0.1) is 0 Å². The summed E-state index contributed by atoms with van der Waals surface area (Å²) in [5.41, 5.74) is 15.2. The summed E-state index contributed by atoms with van der Waals surface area (Å²) in [5, 5.41) is 0. The zero-order valence-electron chi connectivity index (χ0n) is 42.3. The molecule has 0 N–H and O–H groups in total. The number of hydrogen-bond donors (Lipinski definition) is 0. The number of hydrogen-bond acceptors (Lipinski definition) is 4. The molecular weight excluding hydrogens is 735 g/mol. The summed E-state index contributed by atoms with van der Waals surface area (Å²) in [6.45, 7) is 53.4. The first-order valence-electron chi connectivity index (χ1n) is 21.8. The molecule has 0 amide bonds. The third kappa shape index (κ3) is 15.9. The van der Waals surface area contributed by atoms with E-state index < -0.39 is 0 Å². The van der Waals surface area contributed by atoms with Crippen LogP contribution in [0.15, 0.2) is 78.6 Å². The molecule has 0 aliphatic carbocycles. The van der Waals surface area contributed by atoms with Gasteiger partial charge in [-0.15, -0.1) is 11.3 Å². The van der Waals surface area contributed by atoms with Gasteiger partial charge in [0.15, 0.2) is 0 Å². The first kappa shape index (κ1) is 51.8. The fourth-order valence-corrected chi connectivity index (χ4v) is 7.22. The van der Waals surface area contributed by atoms with Crippen LogP contribution in [-0.2, 0) is 43.3 Å². The molecule has 0 radical (unpaired) electrons. The normalized spacial score (nSPS) is 13.1. The number of aromatic nitrogens is 3. The maximum Gasteiger partial charge on any atom is 0.0852 e. The summed E-state index contributed by atoms with van der Waals surface area (Å²) in [6.07, 6.45) is 4.00. The largest absolute Gasteiger partial charge is 0.260 e. The van der Waals surface area contributed by atoms with Gasteiger partial charge in [-0.05, 0) is 78.0 Å². The lowest BCUT2D eigenvalue weighted by Crippen LogP contribution is -2.16. The Morgan fingerprint density at radius 2 is 0.610 bits per heavy atom. The van der Waals surface area contributed by atoms with E-state index in [1.165, 1.54) is 43.6 Å². The lowest BCUT2D eigenvalue weighted by molar-refractivity contribution is 0.556. The molecule has 0 fully saturated rings. The van der Waals surface area contributed by atoms with Crippen LogP contribution in [0.4, 0.5) is 0 Å². The molecule has 2 aromatic carbocycles. The summed E-state index contributed by atoms with van der Waals surface area (Å²) < 4.78 is 1.35. The highest BCUT2D eigenvalue weighted by Crippen LogP contribution is 2.38.